The number of nitrogens with one attached hydrogen (secondary N) is 2. The number of carbonyl (C=O) groups is 1. The van der Waals surface area contributed by atoms with Crippen LogP contribution in [0.1, 0.15) is 38.1 Å². The van der Waals surface area contributed by atoms with E-state index in [1.165, 1.54) is 18.3 Å². The molecule has 1 saturated heterocycles. The maximum atomic E-state index is 12.2. The summed E-state index contributed by atoms with van der Waals surface area (Å²) in [5.74, 6) is -0.331. The Morgan fingerprint density at radius 1 is 1.16 bits per heavy atom. The lowest BCUT2D eigenvalue weighted by molar-refractivity contribution is 0.00578. The molecule has 0 saturated carbocycles. The molecule has 2 aromatic rings. The Bertz CT molecular complexity index is 826. The third-order valence-electron chi connectivity index (χ3n) is 4.58. The molecule has 3 rings (SSSR count). The molecule has 1 aliphatic heterocycles. The average Bonchev–Trinajstić information content (AvgIpc) is 2.76. The van der Waals surface area contributed by atoms with Crippen molar-refractivity contribution in [2.45, 2.75) is 38.9 Å². The minimum atomic E-state index is -0.602. The topological polar surface area (TPSA) is 93.3 Å². The van der Waals surface area contributed by atoms with Crippen LogP contribution in [0.3, 0.4) is 0 Å². The molecule has 2 aromatic heterocycles. The van der Waals surface area contributed by atoms with Crippen LogP contribution >= 0.6 is 0 Å². The van der Waals surface area contributed by atoms with E-state index in [4.69, 9.17) is 9.31 Å². The molecule has 0 radical (unpaired) electrons. The van der Waals surface area contributed by atoms with Crippen molar-refractivity contribution >= 4 is 24.3 Å². The van der Waals surface area contributed by atoms with Gasteiger partial charge in [0.25, 0.3) is 5.91 Å². The summed E-state index contributed by atoms with van der Waals surface area (Å²) in [5, 5.41) is 2.77. The van der Waals surface area contributed by atoms with Crippen LogP contribution in [0, 0.1) is 0 Å². The zero-order valence-corrected chi connectivity index (χ0v) is 14.6. The van der Waals surface area contributed by atoms with Crippen LogP contribution in [0.15, 0.2) is 41.5 Å². The summed E-state index contributed by atoms with van der Waals surface area (Å²) in [6.45, 7) is 7.87. The standard InChI is InChI=1S/C17H20BN3O4/c1-16(2)17(3,4)25-18(24-16)13-9-12(7-8-19-13)21-15(23)11-5-6-14(22)20-10-11/h5-10H,1-4H3,(H,20,22)(H,19,21,23). The molecule has 130 valence electrons. The van der Waals surface area contributed by atoms with Crippen LogP contribution in [-0.4, -0.2) is 34.2 Å². The minimum absolute atomic E-state index is 0.261. The number of aromatic nitrogens is 2. The third-order valence-corrected chi connectivity index (χ3v) is 4.58. The maximum Gasteiger partial charge on any atom is 0.514 e. The Morgan fingerprint density at radius 3 is 2.44 bits per heavy atom. The number of carbonyl (C=O) groups excluding carboxylic acids is 1. The molecule has 0 aromatic carbocycles. The molecule has 0 aliphatic carbocycles. The van der Waals surface area contributed by atoms with Gasteiger partial charge in [-0.05, 0) is 45.9 Å². The normalized spacial score (nSPS) is 18.2. The predicted octanol–water partition coefficient (Wildman–Crippen LogP) is 1.32. The van der Waals surface area contributed by atoms with Gasteiger partial charge in [0.1, 0.15) is 0 Å². The van der Waals surface area contributed by atoms with E-state index in [-0.39, 0.29) is 11.5 Å². The van der Waals surface area contributed by atoms with Crippen molar-refractivity contribution in [3.05, 3.63) is 52.6 Å². The highest BCUT2D eigenvalue weighted by Crippen LogP contribution is 2.36. The second kappa shape index (κ2) is 6.13. The first-order valence-corrected chi connectivity index (χ1v) is 8.00. The van der Waals surface area contributed by atoms with E-state index in [1.807, 2.05) is 27.7 Å². The van der Waals surface area contributed by atoms with Gasteiger partial charge in [0.15, 0.2) is 0 Å². The molecule has 25 heavy (non-hydrogen) atoms. The van der Waals surface area contributed by atoms with E-state index in [9.17, 15) is 9.59 Å². The van der Waals surface area contributed by atoms with E-state index < -0.39 is 18.3 Å². The largest absolute Gasteiger partial charge is 0.514 e. The summed E-state index contributed by atoms with van der Waals surface area (Å²) in [5.41, 5.74) is 0.314. The van der Waals surface area contributed by atoms with Crippen LogP contribution in [0.4, 0.5) is 5.69 Å². The second-order valence-electron chi connectivity index (χ2n) is 6.95. The number of nitrogens with zero attached hydrogens (tertiary/aromatic N) is 1. The summed E-state index contributed by atoms with van der Waals surface area (Å²) in [6.07, 6.45) is 2.96. The lowest BCUT2D eigenvalue weighted by atomic mass is 9.84. The van der Waals surface area contributed by atoms with E-state index in [0.29, 0.717) is 16.8 Å². The first-order chi connectivity index (χ1) is 11.7. The van der Waals surface area contributed by atoms with Crippen LogP contribution in [0.5, 0.6) is 0 Å². The highest BCUT2D eigenvalue weighted by molar-refractivity contribution is 6.61. The van der Waals surface area contributed by atoms with Gasteiger partial charge < -0.3 is 19.6 Å². The number of amides is 1. The number of anilines is 1. The van der Waals surface area contributed by atoms with Gasteiger partial charge in [-0.3, -0.25) is 14.6 Å². The summed E-state index contributed by atoms with van der Waals surface area (Å²) in [4.78, 5) is 30.1. The fraction of sp³-hybridized carbons (Fsp3) is 0.353. The number of aromatic amines is 1. The molecule has 0 unspecified atom stereocenters. The molecule has 0 atom stereocenters. The number of H-pyrrole nitrogens is 1. The third kappa shape index (κ3) is 3.50. The lowest BCUT2D eigenvalue weighted by Gasteiger charge is -2.32. The Morgan fingerprint density at radius 2 is 1.84 bits per heavy atom. The van der Waals surface area contributed by atoms with E-state index in [2.05, 4.69) is 15.3 Å². The number of hydrogen-bond donors (Lipinski definition) is 2. The van der Waals surface area contributed by atoms with Crippen LogP contribution in [-0.2, 0) is 9.31 Å². The zero-order valence-electron chi connectivity index (χ0n) is 14.6. The lowest BCUT2D eigenvalue weighted by Crippen LogP contribution is -2.41. The molecule has 8 heteroatoms. The van der Waals surface area contributed by atoms with Crippen LogP contribution < -0.4 is 16.5 Å². The van der Waals surface area contributed by atoms with Crippen molar-refractivity contribution in [3.63, 3.8) is 0 Å². The van der Waals surface area contributed by atoms with Gasteiger partial charge in [-0.25, -0.2) is 0 Å². The summed E-state index contributed by atoms with van der Waals surface area (Å²) in [7, 11) is -0.602. The van der Waals surface area contributed by atoms with Gasteiger partial charge in [-0.1, -0.05) is 0 Å². The van der Waals surface area contributed by atoms with E-state index in [1.54, 1.807) is 18.3 Å². The molecule has 0 bridgehead atoms. The molecule has 0 spiro atoms. The quantitative estimate of drug-likeness (QED) is 0.822. The number of pyridine rings is 2. The fourth-order valence-corrected chi connectivity index (χ4v) is 2.37. The smallest absolute Gasteiger partial charge is 0.398 e. The monoisotopic (exact) mass is 341 g/mol. The zero-order chi connectivity index (χ0) is 18.2. The van der Waals surface area contributed by atoms with Gasteiger partial charge in [0, 0.05) is 24.1 Å². The van der Waals surface area contributed by atoms with Crippen molar-refractivity contribution in [2.75, 3.05) is 5.32 Å². The van der Waals surface area contributed by atoms with Crippen LogP contribution in [0.25, 0.3) is 0 Å². The summed E-state index contributed by atoms with van der Waals surface area (Å²) in [6, 6.07) is 6.16. The first-order valence-electron chi connectivity index (χ1n) is 8.00. The van der Waals surface area contributed by atoms with Crippen molar-refractivity contribution < 1.29 is 14.1 Å². The molecule has 1 aliphatic rings. The minimum Gasteiger partial charge on any atom is -0.398 e. The van der Waals surface area contributed by atoms with Gasteiger partial charge in [-0.2, -0.15) is 0 Å². The van der Waals surface area contributed by atoms with Crippen molar-refractivity contribution in [1.29, 1.82) is 0 Å². The maximum absolute atomic E-state index is 12.2. The van der Waals surface area contributed by atoms with Gasteiger partial charge in [0.05, 0.1) is 22.4 Å². The SMILES string of the molecule is CC1(C)OB(c2cc(NC(=O)c3ccc(=O)[nH]c3)ccn2)OC1(C)C. The fourth-order valence-electron chi connectivity index (χ4n) is 2.37. The highest BCUT2D eigenvalue weighted by Gasteiger charge is 2.52. The summed E-state index contributed by atoms with van der Waals surface area (Å²) < 4.78 is 11.9. The van der Waals surface area contributed by atoms with Crippen molar-refractivity contribution in [2.24, 2.45) is 0 Å². The Labute approximate surface area is 145 Å². The molecule has 2 N–H and O–H groups in total. The first kappa shape index (κ1) is 17.4. The van der Waals surface area contributed by atoms with Gasteiger partial charge >= 0.3 is 7.12 Å². The average molecular weight is 341 g/mol. The second-order valence-corrected chi connectivity index (χ2v) is 6.95. The van der Waals surface area contributed by atoms with Crippen molar-refractivity contribution in [1.82, 2.24) is 9.97 Å². The molecular weight excluding hydrogens is 321 g/mol. The van der Waals surface area contributed by atoms with E-state index in [0.717, 1.165) is 0 Å². The van der Waals surface area contributed by atoms with Gasteiger partial charge in [0.2, 0.25) is 5.56 Å². The molecule has 1 amide bonds. The molecule has 7 nitrogen and oxygen atoms in total. The van der Waals surface area contributed by atoms with Gasteiger partial charge in [-0.15, -0.1) is 0 Å². The number of rotatable bonds is 3. The Kier molecular flexibility index (Phi) is 4.26. The Balaban J connectivity index is 1.77. The molecule has 3 heterocycles. The molecular formula is C17H20BN3O4. The summed E-state index contributed by atoms with van der Waals surface area (Å²) >= 11 is 0. The van der Waals surface area contributed by atoms with Crippen molar-refractivity contribution in [3.8, 4) is 0 Å². The highest BCUT2D eigenvalue weighted by atomic mass is 16.7. The predicted molar refractivity (Wildman–Crippen MR) is 95.0 cm³/mol. The Hall–Kier alpha value is -2.45. The number of hydrogen-bond acceptors (Lipinski definition) is 5. The van der Waals surface area contributed by atoms with E-state index >= 15 is 0 Å². The molecule has 1 fully saturated rings. The van der Waals surface area contributed by atoms with Crippen LogP contribution in [0.2, 0.25) is 0 Å².